The number of nitrogens with one attached hydrogen (secondary N) is 2. The molecule has 1 aromatic heterocycles. The van der Waals surface area contributed by atoms with Crippen molar-refractivity contribution in [2.45, 2.75) is 12.7 Å². The molecule has 144 valence electrons. The second kappa shape index (κ2) is 6.91. The molecule has 0 unspecified atom stereocenters. The van der Waals surface area contributed by atoms with Crippen molar-refractivity contribution in [1.29, 1.82) is 0 Å². The van der Waals surface area contributed by atoms with Crippen LogP contribution < -0.4 is 20.1 Å². The van der Waals surface area contributed by atoms with Crippen LogP contribution in [-0.2, 0) is 12.7 Å². The van der Waals surface area contributed by atoms with E-state index in [1.165, 1.54) is 18.5 Å². The molecule has 0 atom stereocenters. The lowest BCUT2D eigenvalue weighted by atomic mass is 10.2. The third-order valence-corrected chi connectivity index (χ3v) is 4.20. The second-order valence-corrected chi connectivity index (χ2v) is 6.04. The van der Waals surface area contributed by atoms with E-state index < -0.39 is 11.7 Å². The molecule has 0 amide bonds. The van der Waals surface area contributed by atoms with Crippen LogP contribution in [0.15, 0.2) is 48.8 Å². The van der Waals surface area contributed by atoms with E-state index in [4.69, 9.17) is 9.47 Å². The summed E-state index contributed by atoms with van der Waals surface area (Å²) in [7, 11) is 1.56. The Balaban J connectivity index is 1.66. The summed E-state index contributed by atoms with van der Waals surface area (Å²) in [6, 6.07) is 10.3. The predicted molar refractivity (Wildman–Crippen MR) is 97.2 cm³/mol. The number of fused-ring (bicyclic) bond motifs is 2. The molecule has 2 heterocycles. The summed E-state index contributed by atoms with van der Waals surface area (Å²) in [5, 5.41) is 6.08. The molecule has 2 N–H and O–H groups in total. The Morgan fingerprint density at radius 1 is 1.14 bits per heavy atom. The molecule has 0 radical (unpaired) electrons. The fourth-order valence-corrected chi connectivity index (χ4v) is 2.80. The maximum absolute atomic E-state index is 13.0. The first-order chi connectivity index (χ1) is 13.4. The van der Waals surface area contributed by atoms with Crippen LogP contribution in [0.5, 0.6) is 17.4 Å². The van der Waals surface area contributed by atoms with Gasteiger partial charge in [-0.25, -0.2) is 4.98 Å². The highest BCUT2D eigenvalue weighted by atomic mass is 19.4. The highest BCUT2D eigenvalue weighted by molar-refractivity contribution is 5.76. The SMILES string of the molecule is COc1ccc2c(c1)Oc1ncnc(Nc3cccc(C(F)(F)F)c3)c1NC2. The molecule has 2 aromatic carbocycles. The third-order valence-electron chi connectivity index (χ3n) is 4.20. The average molecular weight is 388 g/mol. The Kier molecular flexibility index (Phi) is 4.42. The van der Waals surface area contributed by atoms with E-state index in [-0.39, 0.29) is 11.6 Å². The second-order valence-electron chi connectivity index (χ2n) is 6.04. The molecule has 0 bridgehead atoms. The van der Waals surface area contributed by atoms with E-state index in [1.807, 2.05) is 12.1 Å². The molecule has 0 fully saturated rings. The molecule has 0 spiro atoms. The van der Waals surface area contributed by atoms with Crippen LogP contribution in [0.4, 0.5) is 30.4 Å². The largest absolute Gasteiger partial charge is 0.497 e. The van der Waals surface area contributed by atoms with Crippen LogP contribution in [0.3, 0.4) is 0 Å². The van der Waals surface area contributed by atoms with Gasteiger partial charge in [-0.05, 0) is 30.3 Å². The van der Waals surface area contributed by atoms with Gasteiger partial charge in [0.05, 0.1) is 12.7 Å². The molecule has 0 aliphatic carbocycles. The molecule has 6 nitrogen and oxygen atoms in total. The molecule has 1 aliphatic heterocycles. The van der Waals surface area contributed by atoms with E-state index >= 15 is 0 Å². The number of nitrogens with zero attached hydrogens (tertiary/aromatic N) is 2. The number of benzene rings is 2. The summed E-state index contributed by atoms with van der Waals surface area (Å²) < 4.78 is 50.0. The van der Waals surface area contributed by atoms with Gasteiger partial charge in [0.2, 0.25) is 5.88 Å². The van der Waals surface area contributed by atoms with Crippen LogP contribution in [0.1, 0.15) is 11.1 Å². The number of hydrogen-bond donors (Lipinski definition) is 2. The Morgan fingerprint density at radius 3 is 2.79 bits per heavy atom. The lowest BCUT2D eigenvalue weighted by Gasteiger charge is -2.14. The maximum atomic E-state index is 13.0. The summed E-state index contributed by atoms with van der Waals surface area (Å²) in [6.45, 7) is 0.428. The van der Waals surface area contributed by atoms with Crippen LogP contribution >= 0.6 is 0 Å². The molecule has 9 heteroatoms. The van der Waals surface area contributed by atoms with Gasteiger partial charge in [0.1, 0.15) is 23.5 Å². The third kappa shape index (κ3) is 3.51. The number of anilines is 3. The molecule has 4 rings (SSSR count). The molecule has 0 saturated carbocycles. The van der Waals surface area contributed by atoms with Gasteiger partial charge in [-0.1, -0.05) is 6.07 Å². The van der Waals surface area contributed by atoms with Crippen molar-refractivity contribution >= 4 is 17.2 Å². The lowest BCUT2D eigenvalue weighted by Crippen LogP contribution is -2.07. The number of alkyl halides is 3. The highest BCUT2D eigenvalue weighted by Gasteiger charge is 2.30. The minimum Gasteiger partial charge on any atom is -0.497 e. The maximum Gasteiger partial charge on any atom is 0.416 e. The van der Waals surface area contributed by atoms with E-state index in [0.29, 0.717) is 29.5 Å². The Bertz CT molecular complexity index is 1020. The van der Waals surface area contributed by atoms with Crippen molar-refractivity contribution in [2.75, 3.05) is 17.7 Å². The number of aromatic nitrogens is 2. The molecule has 0 saturated heterocycles. The normalized spacial score (nSPS) is 12.7. The van der Waals surface area contributed by atoms with Crippen LogP contribution in [0.25, 0.3) is 0 Å². The quantitative estimate of drug-likeness (QED) is 0.661. The first kappa shape index (κ1) is 17.9. The number of ether oxygens (including phenoxy) is 2. The summed E-state index contributed by atoms with van der Waals surface area (Å²) in [6.07, 6.45) is -3.15. The van der Waals surface area contributed by atoms with E-state index in [2.05, 4.69) is 20.6 Å². The number of rotatable bonds is 3. The van der Waals surface area contributed by atoms with Gasteiger partial charge in [0.25, 0.3) is 0 Å². The molecular formula is C19H15F3N4O2. The van der Waals surface area contributed by atoms with Gasteiger partial charge in [0, 0.05) is 23.9 Å². The molecular weight excluding hydrogens is 373 g/mol. The van der Waals surface area contributed by atoms with Gasteiger partial charge < -0.3 is 20.1 Å². The summed E-state index contributed by atoms with van der Waals surface area (Å²) >= 11 is 0. The van der Waals surface area contributed by atoms with Gasteiger partial charge in [-0.15, -0.1) is 0 Å². The monoisotopic (exact) mass is 388 g/mol. The van der Waals surface area contributed by atoms with Crippen molar-refractivity contribution < 1.29 is 22.6 Å². The first-order valence-corrected chi connectivity index (χ1v) is 8.32. The lowest BCUT2D eigenvalue weighted by molar-refractivity contribution is -0.137. The van der Waals surface area contributed by atoms with Gasteiger partial charge >= 0.3 is 6.18 Å². The summed E-state index contributed by atoms with van der Waals surface area (Å²) in [4.78, 5) is 8.28. The zero-order valence-electron chi connectivity index (χ0n) is 14.7. The minimum absolute atomic E-state index is 0.251. The van der Waals surface area contributed by atoms with E-state index in [9.17, 15) is 13.2 Å². The molecule has 3 aromatic rings. The fourth-order valence-electron chi connectivity index (χ4n) is 2.80. The van der Waals surface area contributed by atoms with Crippen LogP contribution in [0, 0.1) is 0 Å². The van der Waals surface area contributed by atoms with Crippen molar-refractivity contribution in [3.8, 4) is 17.4 Å². The van der Waals surface area contributed by atoms with E-state index in [1.54, 1.807) is 13.2 Å². The smallest absolute Gasteiger partial charge is 0.416 e. The first-order valence-electron chi connectivity index (χ1n) is 8.32. The molecule has 28 heavy (non-hydrogen) atoms. The van der Waals surface area contributed by atoms with Gasteiger partial charge in [-0.3, -0.25) is 0 Å². The minimum atomic E-state index is -4.43. The Labute approximate surface area is 158 Å². The number of methoxy groups -OCH3 is 1. The van der Waals surface area contributed by atoms with Crippen molar-refractivity contribution in [2.24, 2.45) is 0 Å². The van der Waals surface area contributed by atoms with Crippen molar-refractivity contribution in [3.63, 3.8) is 0 Å². The zero-order valence-corrected chi connectivity index (χ0v) is 14.7. The number of hydrogen-bond acceptors (Lipinski definition) is 6. The molecule has 1 aliphatic rings. The Hall–Kier alpha value is -3.49. The van der Waals surface area contributed by atoms with Crippen molar-refractivity contribution in [1.82, 2.24) is 9.97 Å². The Morgan fingerprint density at radius 2 is 2.00 bits per heavy atom. The van der Waals surface area contributed by atoms with Gasteiger partial charge in [-0.2, -0.15) is 18.2 Å². The fraction of sp³-hybridized carbons (Fsp3) is 0.158. The van der Waals surface area contributed by atoms with E-state index in [0.717, 1.165) is 17.7 Å². The topological polar surface area (TPSA) is 68.3 Å². The number of halogens is 3. The zero-order chi connectivity index (χ0) is 19.7. The predicted octanol–water partition coefficient (Wildman–Crippen LogP) is 4.97. The standard InChI is InChI=1S/C19H15F3N4O2/c1-27-14-6-5-11-9-23-16-17(24-10-25-18(16)28-15(11)8-14)26-13-4-2-3-12(7-13)19(20,21)22/h2-8,10,23H,9H2,1H3,(H,24,25,26). The highest BCUT2D eigenvalue weighted by Crippen LogP contribution is 2.40. The summed E-state index contributed by atoms with van der Waals surface area (Å²) in [5.74, 6) is 1.79. The average Bonchev–Trinajstić information content (AvgIpc) is 2.86. The summed E-state index contributed by atoms with van der Waals surface area (Å²) in [5.41, 5.74) is 0.834. The van der Waals surface area contributed by atoms with Crippen LogP contribution in [-0.4, -0.2) is 17.1 Å². The van der Waals surface area contributed by atoms with Crippen LogP contribution in [0.2, 0.25) is 0 Å². The van der Waals surface area contributed by atoms with Crippen molar-refractivity contribution in [3.05, 3.63) is 59.9 Å². The van der Waals surface area contributed by atoms with Gasteiger partial charge in [0.15, 0.2) is 5.82 Å².